The first-order valence-corrected chi connectivity index (χ1v) is 8.76. The molecule has 0 fully saturated rings. The zero-order valence-electron chi connectivity index (χ0n) is 15.4. The van der Waals surface area contributed by atoms with Crippen LogP contribution in [0.15, 0.2) is 0 Å². The molecule has 0 saturated heterocycles. The third-order valence-electron chi connectivity index (χ3n) is 4.92. The van der Waals surface area contributed by atoms with E-state index in [1.54, 1.807) is 0 Å². The van der Waals surface area contributed by atoms with Gasteiger partial charge in [0, 0.05) is 0 Å². The molecule has 3 atom stereocenters. The highest BCUT2D eigenvalue weighted by molar-refractivity contribution is 5.65. The maximum Gasteiger partial charge on any atom is 0.404 e. The van der Waals surface area contributed by atoms with Crippen LogP contribution >= 0.6 is 0 Å². The lowest BCUT2D eigenvalue weighted by Gasteiger charge is -2.37. The minimum Gasteiger partial charge on any atom is -0.446 e. The van der Waals surface area contributed by atoms with Gasteiger partial charge < -0.3 is 20.9 Å². The lowest BCUT2D eigenvalue weighted by atomic mass is 9.70. The lowest BCUT2D eigenvalue weighted by Crippen LogP contribution is -2.31. The lowest BCUT2D eigenvalue weighted by molar-refractivity contribution is 0.0678. The van der Waals surface area contributed by atoms with E-state index in [0.29, 0.717) is 18.8 Å². The molecule has 6 heteroatoms. The van der Waals surface area contributed by atoms with Crippen LogP contribution in [0.2, 0.25) is 0 Å². The fraction of sp³-hybridized carbons (Fsp3) is 0.778. The molecule has 0 saturated carbocycles. The van der Waals surface area contributed by atoms with Crippen molar-refractivity contribution < 1.29 is 19.1 Å². The predicted octanol–water partition coefficient (Wildman–Crippen LogP) is 3.98. The fourth-order valence-corrected chi connectivity index (χ4v) is 3.31. The smallest absolute Gasteiger partial charge is 0.404 e. The molecule has 0 aromatic heterocycles. The molecule has 0 aliphatic rings. The van der Waals surface area contributed by atoms with E-state index >= 15 is 0 Å². The van der Waals surface area contributed by atoms with E-state index < -0.39 is 24.4 Å². The summed E-state index contributed by atoms with van der Waals surface area (Å²) in [6.07, 6.45) is 3.78. The van der Waals surface area contributed by atoms with Crippen molar-refractivity contribution in [1.29, 1.82) is 0 Å². The summed E-state index contributed by atoms with van der Waals surface area (Å²) in [6, 6.07) is 0. The molecule has 0 rings (SSSR count). The maximum absolute atomic E-state index is 10.9. The maximum atomic E-state index is 10.9. The Morgan fingerprint density at radius 1 is 0.917 bits per heavy atom. The van der Waals surface area contributed by atoms with Gasteiger partial charge in [0.05, 0.1) is 0 Å². The average molecular weight is 342 g/mol. The Kier molecular flexibility index (Phi) is 10.5. The summed E-state index contributed by atoms with van der Waals surface area (Å²) in [5, 5.41) is 0. The third kappa shape index (κ3) is 8.99. The number of hydrogen-bond acceptors (Lipinski definition) is 4. The minimum atomic E-state index is -0.789. The van der Waals surface area contributed by atoms with Crippen LogP contribution < -0.4 is 11.5 Å². The third-order valence-corrected chi connectivity index (χ3v) is 4.92. The van der Waals surface area contributed by atoms with Crippen molar-refractivity contribution in [2.75, 3.05) is 0 Å². The molecule has 24 heavy (non-hydrogen) atoms. The molecular weight excluding hydrogens is 308 g/mol. The Balaban J connectivity index is 4.73. The number of ether oxygens (including phenoxy) is 2. The zero-order chi connectivity index (χ0) is 18.8. The molecule has 0 aromatic carbocycles. The highest BCUT2D eigenvalue weighted by Gasteiger charge is 2.32. The van der Waals surface area contributed by atoms with Gasteiger partial charge in [-0.15, -0.1) is 0 Å². The molecule has 3 unspecified atom stereocenters. The van der Waals surface area contributed by atoms with E-state index in [1.165, 1.54) is 0 Å². The molecule has 0 aromatic rings. The molecule has 140 valence electrons. The van der Waals surface area contributed by atoms with Gasteiger partial charge in [-0.3, -0.25) is 0 Å². The van der Waals surface area contributed by atoms with Crippen LogP contribution in [-0.2, 0) is 9.47 Å². The Hall–Kier alpha value is -1.46. The molecule has 6 nitrogen and oxygen atoms in total. The van der Waals surface area contributed by atoms with E-state index in [9.17, 15) is 9.59 Å². The van der Waals surface area contributed by atoms with Gasteiger partial charge in [0.2, 0.25) is 0 Å². The van der Waals surface area contributed by atoms with Gasteiger partial charge in [0.25, 0.3) is 0 Å². The summed E-state index contributed by atoms with van der Waals surface area (Å²) < 4.78 is 9.90. The number of nitrogens with two attached hydrogens (primary N) is 2. The first-order chi connectivity index (χ1) is 11.2. The molecule has 0 heterocycles. The van der Waals surface area contributed by atoms with Gasteiger partial charge in [-0.05, 0) is 50.9 Å². The SMILES string of the molecule is [CH2]C(CCC(CC)CC(CC)(CC)CC([CH2])OC(N)=O)OC(N)=O. The zero-order valence-corrected chi connectivity index (χ0v) is 15.4. The van der Waals surface area contributed by atoms with Crippen LogP contribution in [0.3, 0.4) is 0 Å². The normalized spacial score (nSPS) is 15.4. The molecule has 0 spiro atoms. The second-order valence-electron chi connectivity index (χ2n) is 6.58. The topological polar surface area (TPSA) is 105 Å². The van der Waals surface area contributed by atoms with Gasteiger partial charge in [-0.1, -0.05) is 40.0 Å². The van der Waals surface area contributed by atoms with Crippen molar-refractivity contribution in [2.45, 2.75) is 77.9 Å². The van der Waals surface area contributed by atoms with E-state index in [2.05, 4.69) is 34.6 Å². The Morgan fingerprint density at radius 3 is 1.83 bits per heavy atom. The van der Waals surface area contributed by atoms with Crippen LogP contribution in [0, 0.1) is 25.2 Å². The second-order valence-corrected chi connectivity index (χ2v) is 6.58. The Morgan fingerprint density at radius 2 is 1.42 bits per heavy atom. The summed E-state index contributed by atoms with van der Waals surface area (Å²) in [7, 11) is 0. The Labute approximate surface area is 146 Å². The molecule has 2 radical (unpaired) electrons. The quantitative estimate of drug-likeness (QED) is 0.559. The minimum absolute atomic E-state index is 0.0454. The number of rotatable bonds is 12. The molecule has 2 amide bonds. The van der Waals surface area contributed by atoms with Crippen molar-refractivity contribution in [3.63, 3.8) is 0 Å². The van der Waals surface area contributed by atoms with Crippen molar-refractivity contribution in [3.8, 4) is 0 Å². The first kappa shape index (κ1) is 22.5. The molecule has 0 bridgehead atoms. The first-order valence-electron chi connectivity index (χ1n) is 8.76. The van der Waals surface area contributed by atoms with E-state index in [4.69, 9.17) is 20.9 Å². The van der Waals surface area contributed by atoms with Crippen molar-refractivity contribution in [2.24, 2.45) is 22.8 Å². The van der Waals surface area contributed by atoms with Crippen LogP contribution in [0.1, 0.15) is 65.7 Å². The van der Waals surface area contributed by atoms with Crippen molar-refractivity contribution in [1.82, 2.24) is 0 Å². The van der Waals surface area contributed by atoms with Crippen LogP contribution in [0.4, 0.5) is 9.59 Å². The molecule has 4 N–H and O–H groups in total. The number of hydrogen-bond donors (Lipinski definition) is 2. The predicted molar refractivity (Wildman–Crippen MR) is 94.9 cm³/mol. The van der Waals surface area contributed by atoms with Gasteiger partial charge in [0.1, 0.15) is 12.2 Å². The van der Waals surface area contributed by atoms with Gasteiger partial charge in [-0.2, -0.15) is 0 Å². The van der Waals surface area contributed by atoms with E-state index in [-0.39, 0.29) is 5.41 Å². The van der Waals surface area contributed by atoms with Crippen LogP contribution in [-0.4, -0.2) is 24.4 Å². The summed E-state index contributed by atoms with van der Waals surface area (Å²) in [5.41, 5.74) is 10.1. The van der Waals surface area contributed by atoms with Gasteiger partial charge in [-0.25, -0.2) is 9.59 Å². The Bertz CT molecular complexity index is 383. The highest BCUT2D eigenvalue weighted by atomic mass is 16.6. The summed E-state index contributed by atoms with van der Waals surface area (Å²) >= 11 is 0. The molecule has 0 aliphatic heterocycles. The average Bonchev–Trinajstić information content (AvgIpc) is 2.48. The number of carbonyl (C=O) groups excluding carboxylic acids is 2. The second kappa shape index (κ2) is 11.2. The van der Waals surface area contributed by atoms with Crippen LogP contribution in [0.25, 0.3) is 0 Å². The van der Waals surface area contributed by atoms with Gasteiger partial charge >= 0.3 is 12.2 Å². The molecular formula is C18H34N2O4. The summed E-state index contributed by atoms with van der Waals surface area (Å²) in [4.78, 5) is 21.7. The van der Waals surface area contributed by atoms with Crippen LogP contribution in [0.5, 0.6) is 0 Å². The van der Waals surface area contributed by atoms with E-state index in [1.807, 2.05) is 0 Å². The summed E-state index contributed by atoms with van der Waals surface area (Å²) in [5.74, 6) is 0.464. The standard InChI is InChI=1S/C18H34N2O4/c1-6-15(10-9-13(4)23-16(19)21)12-18(7-2,8-3)11-14(5)24-17(20)22/h13-15H,4-12H2,1-3H3,(H2,19,21)(H2,20,22). The largest absolute Gasteiger partial charge is 0.446 e. The highest BCUT2D eigenvalue weighted by Crippen LogP contribution is 2.41. The fourth-order valence-electron chi connectivity index (χ4n) is 3.31. The van der Waals surface area contributed by atoms with E-state index in [0.717, 1.165) is 32.1 Å². The van der Waals surface area contributed by atoms with Crippen molar-refractivity contribution in [3.05, 3.63) is 13.8 Å². The number of amides is 2. The number of carbonyl (C=O) groups is 2. The van der Waals surface area contributed by atoms with Gasteiger partial charge in [0.15, 0.2) is 0 Å². The van der Waals surface area contributed by atoms with Crippen molar-refractivity contribution >= 4 is 12.2 Å². The number of primary amides is 2. The summed E-state index contributed by atoms with van der Waals surface area (Å²) in [6.45, 7) is 14.1. The monoisotopic (exact) mass is 342 g/mol. The molecule has 0 aliphatic carbocycles.